The van der Waals surface area contributed by atoms with E-state index in [0.717, 1.165) is 91.0 Å². The number of hydrogen-bond acceptors (Lipinski definition) is 6. The highest BCUT2D eigenvalue weighted by Crippen LogP contribution is 2.39. The first-order valence-electron chi connectivity index (χ1n) is 17.2. The zero-order chi connectivity index (χ0) is 30.6. The monoisotopic (exact) mass is 611 g/mol. The largest absolute Gasteiger partial charge is 0.378 e. The number of ether oxygens (including phenoxy) is 2. The molecule has 1 aliphatic carbocycles. The number of pyridine rings is 2. The van der Waals surface area contributed by atoms with Crippen molar-refractivity contribution in [2.75, 3.05) is 19.8 Å². The summed E-state index contributed by atoms with van der Waals surface area (Å²) in [5, 5.41) is 6.25. The number of nitrogens with zero attached hydrogens (tertiary/aromatic N) is 5. The van der Waals surface area contributed by atoms with Crippen LogP contribution in [0.15, 0.2) is 73.1 Å². The van der Waals surface area contributed by atoms with Crippen LogP contribution >= 0.6 is 0 Å². The minimum Gasteiger partial charge on any atom is -0.378 e. The maximum Gasteiger partial charge on any atom is 0.161 e. The summed E-state index contributed by atoms with van der Waals surface area (Å²) in [6.45, 7) is 4.70. The zero-order valence-corrected chi connectivity index (χ0v) is 26.6. The Hall–Kier alpha value is -3.91. The molecule has 0 spiro atoms. The lowest BCUT2D eigenvalue weighted by atomic mass is 9.87. The first kappa shape index (κ1) is 28.3. The SMILES string of the molecule is Cc1cccnc1-c1ccc(-c2nn(C3CCCCO3)c3ncc(-c4ccc5c(c4)CC[C@@H](N4C6COCC4C6)CC5)cc23)cc1. The van der Waals surface area contributed by atoms with Crippen molar-refractivity contribution in [3.63, 3.8) is 0 Å². The highest BCUT2D eigenvalue weighted by atomic mass is 16.5. The molecular formula is C39H41N5O2. The summed E-state index contributed by atoms with van der Waals surface area (Å²) in [5.41, 5.74) is 11.6. The van der Waals surface area contributed by atoms with Crippen LogP contribution in [0.2, 0.25) is 0 Å². The summed E-state index contributed by atoms with van der Waals surface area (Å²) >= 11 is 0. The van der Waals surface area contributed by atoms with Gasteiger partial charge in [0.1, 0.15) is 5.69 Å². The molecule has 0 saturated carbocycles. The van der Waals surface area contributed by atoms with Gasteiger partial charge in [0.2, 0.25) is 0 Å². The third-order valence-corrected chi connectivity index (χ3v) is 10.9. The molecule has 46 heavy (non-hydrogen) atoms. The lowest BCUT2D eigenvalue weighted by Crippen LogP contribution is -2.66. The third kappa shape index (κ3) is 4.96. The molecule has 3 fully saturated rings. The number of morpholine rings is 1. The molecule has 9 rings (SSSR count). The number of benzene rings is 2. The van der Waals surface area contributed by atoms with Gasteiger partial charge in [0.25, 0.3) is 0 Å². The van der Waals surface area contributed by atoms with Crippen LogP contribution < -0.4 is 0 Å². The van der Waals surface area contributed by atoms with Gasteiger partial charge in [-0.3, -0.25) is 9.88 Å². The van der Waals surface area contributed by atoms with Crippen molar-refractivity contribution in [2.24, 2.45) is 0 Å². The molecule has 0 amide bonds. The Morgan fingerprint density at radius 2 is 1.52 bits per heavy atom. The van der Waals surface area contributed by atoms with Crippen LogP contribution in [0.25, 0.3) is 44.7 Å². The Kier molecular flexibility index (Phi) is 7.21. The molecule has 4 atom stereocenters. The van der Waals surface area contributed by atoms with Crippen molar-refractivity contribution in [3.8, 4) is 33.6 Å². The summed E-state index contributed by atoms with van der Waals surface area (Å²) in [6, 6.07) is 24.1. The van der Waals surface area contributed by atoms with Crippen LogP contribution in [0.5, 0.6) is 0 Å². The highest BCUT2D eigenvalue weighted by molar-refractivity contribution is 5.94. The van der Waals surface area contributed by atoms with Crippen LogP contribution in [-0.2, 0) is 22.3 Å². The van der Waals surface area contributed by atoms with E-state index in [1.807, 2.05) is 23.1 Å². The zero-order valence-electron chi connectivity index (χ0n) is 26.6. The van der Waals surface area contributed by atoms with E-state index in [4.69, 9.17) is 19.6 Å². The van der Waals surface area contributed by atoms with Gasteiger partial charge in [-0.15, -0.1) is 0 Å². The molecule has 3 saturated heterocycles. The van der Waals surface area contributed by atoms with Crippen molar-refractivity contribution >= 4 is 11.0 Å². The van der Waals surface area contributed by atoms with Crippen LogP contribution in [-0.4, -0.2) is 62.6 Å². The van der Waals surface area contributed by atoms with E-state index < -0.39 is 0 Å². The van der Waals surface area contributed by atoms with Crippen molar-refractivity contribution in [3.05, 3.63) is 89.7 Å². The Morgan fingerprint density at radius 3 is 2.28 bits per heavy atom. The fourth-order valence-corrected chi connectivity index (χ4v) is 8.42. The fourth-order valence-electron chi connectivity index (χ4n) is 8.42. The van der Waals surface area contributed by atoms with Crippen molar-refractivity contribution in [1.82, 2.24) is 24.6 Å². The highest BCUT2D eigenvalue weighted by Gasteiger charge is 2.45. The second-order valence-electron chi connectivity index (χ2n) is 13.7. The van der Waals surface area contributed by atoms with Gasteiger partial charge in [-0.05, 0) is 92.7 Å². The Labute approximate surface area is 270 Å². The van der Waals surface area contributed by atoms with Gasteiger partial charge in [-0.1, -0.05) is 48.5 Å². The first-order valence-corrected chi connectivity index (χ1v) is 17.2. The van der Waals surface area contributed by atoms with Crippen molar-refractivity contribution < 1.29 is 9.47 Å². The minimum atomic E-state index is -0.0864. The number of aryl methyl sites for hydroxylation is 3. The lowest BCUT2D eigenvalue weighted by Gasteiger charge is -2.56. The third-order valence-electron chi connectivity index (χ3n) is 10.9. The van der Waals surface area contributed by atoms with Crippen molar-refractivity contribution in [2.45, 2.75) is 82.6 Å². The average Bonchev–Trinajstić information content (AvgIpc) is 3.37. The maximum atomic E-state index is 6.20. The first-order chi connectivity index (χ1) is 22.7. The van der Waals surface area contributed by atoms with E-state index in [1.165, 1.54) is 41.5 Å². The quantitative estimate of drug-likeness (QED) is 0.191. The summed E-state index contributed by atoms with van der Waals surface area (Å²) in [7, 11) is 0. The summed E-state index contributed by atoms with van der Waals surface area (Å²) < 4.78 is 14.0. The fraction of sp³-hybridized carbons (Fsp3) is 0.410. The Balaban J connectivity index is 1.05. The molecule has 0 N–H and O–H groups in total. The standard InChI is InChI=1S/C39H41N5O2/c1-25-5-4-17-40-37(25)27-8-10-28(11-9-27)38-35-20-31(22-41-39(35)44(42-38)36-6-2-3-18-46-36)30-12-7-26-13-15-32(16-14-29(26)19-30)43-33-21-34(43)24-45-23-33/h4-5,7-12,17,19-20,22,32-34,36H,2-3,6,13-16,18,21,23-24H2,1H3/t32-,33?,34?,36?/m0/s1. The molecule has 4 aliphatic rings. The van der Waals surface area contributed by atoms with Gasteiger partial charge in [-0.2, -0.15) is 5.10 Å². The number of rotatable bonds is 5. The van der Waals surface area contributed by atoms with Crippen LogP contribution in [0.1, 0.15) is 61.4 Å². The Morgan fingerprint density at radius 1 is 0.739 bits per heavy atom. The van der Waals surface area contributed by atoms with E-state index in [2.05, 4.69) is 71.4 Å². The normalized spacial score (nSPS) is 24.7. The maximum absolute atomic E-state index is 6.20. The van der Waals surface area contributed by atoms with Gasteiger partial charge in [-0.25, -0.2) is 9.67 Å². The summed E-state index contributed by atoms with van der Waals surface area (Å²) in [6.07, 6.45) is 13.1. The smallest absolute Gasteiger partial charge is 0.161 e. The van der Waals surface area contributed by atoms with Crippen LogP contribution in [0, 0.1) is 6.92 Å². The topological polar surface area (TPSA) is 65.3 Å². The molecule has 5 aromatic rings. The van der Waals surface area contributed by atoms with Gasteiger partial charge >= 0.3 is 0 Å². The van der Waals surface area contributed by atoms with Gasteiger partial charge in [0, 0.05) is 59.2 Å². The molecule has 3 aliphatic heterocycles. The predicted molar refractivity (Wildman–Crippen MR) is 180 cm³/mol. The van der Waals surface area contributed by atoms with Crippen molar-refractivity contribution in [1.29, 1.82) is 0 Å². The van der Waals surface area contributed by atoms with Crippen LogP contribution in [0.3, 0.4) is 0 Å². The Bertz CT molecular complexity index is 1880. The van der Waals surface area contributed by atoms with E-state index in [1.54, 1.807) is 0 Å². The molecule has 7 nitrogen and oxygen atoms in total. The van der Waals surface area contributed by atoms with E-state index in [9.17, 15) is 0 Å². The van der Waals surface area contributed by atoms with E-state index in [-0.39, 0.29) is 6.23 Å². The van der Waals surface area contributed by atoms with Gasteiger partial charge in [0.05, 0.1) is 18.9 Å². The predicted octanol–water partition coefficient (Wildman–Crippen LogP) is 7.56. The van der Waals surface area contributed by atoms with Gasteiger partial charge in [0.15, 0.2) is 11.9 Å². The molecule has 3 unspecified atom stereocenters. The number of aromatic nitrogens is 4. The molecule has 6 heterocycles. The number of hydrogen-bond donors (Lipinski definition) is 0. The molecular weight excluding hydrogens is 570 g/mol. The summed E-state index contributed by atoms with van der Waals surface area (Å²) in [4.78, 5) is 12.5. The number of fused-ring (bicyclic) bond motifs is 4. The molecule has 2 bridgehead atoms. The molecule has 234 valence electrons. The second kappa shape index (κ2) is 11.7. The molecule has 0 radical (unpaired) electrons. The van der Waals surface area contributed by atoms with Gasteiger partial charge < -0.3 is 9.47 Å². The average molecular weight is 612 g/mol. The molecule has 7 heteroatoms. The lowest BCUT2D eigenvalue weighted by molar-refractivity contribution is -0.148. The molecule has 2 aromatic carbocycles. The van der Waals surface area contributed by atoms with E-state index in [0.29, 0.717) is 18.1 Å². The summed E-state index contributed by atoms with van der Waals surface area (Å²) in [5.74, 6) is 0. The molecule has 3 aromatic heterocycles. The second-order valence-corrected chi connectivity index (χ2v) is 13.7. The van der Waals surface area contributed by atoms with E-state index >= 15 is 0 Å². The van der Waals surface area contributed by atoms with Crippen LogP contribution in [0.4, 0.5) is 0 Å². The minimum absolute atomic E-state index is 0.0864.